The van der Waals surface area contributed by atoms with Gasteiger partial charge in [0, 0.05) is 27.8 Å². The molecular formula is C33H30ClN3O5S. The number of rotatable bonds is 11. The maximum atomic E-state index is 13.5. The number of methoxy groups -OCH3 is 2. The zero-order chi connectivity index (χ0) is 30.8. The van der Waals surface area contributed by atoms with Gasteiger partial charge >= 0.3 is 0 Å². The standard InChI is InChI=1S/C33H30ClN3O5S/c1-21(31(38)36-28-15-8-7-14-27(28)34)43-26-13-9-12-24(19-26)35-33(40)29(37-32(39)22-10-5-4-6-11-22)18-23-16-17-25(41-2)20-30(23)42-3/h4-21H,1-3H3,(H,35,40)(H,36,38)(H,37,39)/b29-18+. The molecule has 4 aromatic carbocycles. The Labute approximate surface area is 259 Å². The number of hydrogen-bond acceptors (Lipinski definition) is 6. The molecule has 0 heterocycles. The molecule has 0 aliphatic carbocycles. The highest BCUT2D eigenvalue weighted by Gasteiger charge is 2.18. The number of para-hydroxylation sites is 1. The van der Waals surface area contributed by atoms with Gasteiger partial charge in [0.15, 0.2) is 0 Å². The molecule has 0 aromatic heterocycles. The maximum Gasteiger partial charge on any atom is 0.272 e. The lowest BCUT2D eigenvalue weighted by Gasteiger charge is -2.15. The van der Waals surface area contributed by atoms with E-state index >= 15 is 0 Å². The Morgan fingerprint density at radius 2 is 1.58 bits per heavy atom. The Morgan fingerprint density at radius 1 is 0.837 bits per heavy atom. The molecule has 3 N–H and O–H groups in total. The van der Waals surface area contributed by atoms with Crippen LogP contribution in [0.4, 0.5) is 11.4 Å². The van der Waals surface area contributed by atoms with Gasteiger partial charge < -0.3 is 25.4 Å². The average Bonchev–Trinajstić information content (AvgIpc) is 3.02. The Morgan fingerprint density at radius 3 is 2.30 bits per heavy atom. The van der Waals surface area contributed by atoms with Crippen molar-refractivity contribution in [2.75, 3.05) is 24.9 Å². The predicted octanol–water partition coefficient (Wildman–Crippen LogP) is 6.89. The molecule has 10 heteroatoms. The summed E-state index contributed by atoms with van der Waals surface area (Å²) < 4.78 is 10.8. The minimum absolute atomic E-state index is 0.00265. The molecule has 220 valence electrons. The van der Waals surface area contributed by atoms with Crippen molar-refractivity contribution in [3.63, 3.8) is 0 Å². The van der Waals surface area contributed by atoms with Gasteiger partial charge in [0.1, 0.15) is 17.2 Å². The molecule has 0 spiro atoms. The summed E-state index contributed by atoms with van der Waals surface area (Å²) in [5.41, 5.74) is 1.97. The summed E-state index contributed by atoms with van der Waals surface area (Å²) in [4.78, 5) is 40.1. The largest absolute Gasteiger partial charge is 0.497 e. The molecule has 1 atom stereocenters. The van der Waals surface area contributed by atoms with Gasteiger partial charge in [-0.15, -0.1) is 11.8 Å². The van der Waals surface area contributed by atoms with Crippen LogP contribution in [0.2, 0.25) is 5.02 Å². The second-order valence-corrected chi connectivity index (χ2v) is 11.0. The zero-order valence-electron chi connectivity index (χ0n) is 23.7. The molecule has 0 aliphatic rings. The van der Waals surface area contributed by atoms with Crippen molar-refractivity contribution >= 4 is 58.5 Å². The van der Waals surface area contributed by atoms with E-state index in [1.165, 1.54) is 24.9 Å². The molecule has 0 fully saturated rings. The second kappa shape index (κ2) is 14.9. The summed E-state index contributed by atoms with van der Waals surface area (Å²) in [5, 5.41) is 8.41. The third-order valence-corrected chi connectivity index (χ3v) is 7.60. The van der Waals surface area contributed by atoms with Crippen LogP contribution in [0.3, 0.4) is 0 Å². The van der Waals surface area contributed by atoms with E-state index in [1.807, 2.05) is 6.07 Å². The van der Waals surface area contributed by atoms with E-state index in [1.54, 1.807) is 105 Å². The second-order valence-electron chi connectivity index (χ2n) is 9.20. The van der Waals surface area contributed by atoms with Gasteiger partial charge in [-0.05, 0) is 67.6 Å². The fourth-order valence-electron chi connectivity index (χ4n) is 3.94. The van der Waals surface area contributed by atoms with Crippen LogP contribution in [0.1, 0.15) is 22.8 Å². The van der Waals surface area contributed by atoms with Gasteiger partial charge in [0.05, 0.1) is 30.2 Å². The Hall–Kier alpha value is -4.73. The Balaban J connectivity index is 1.54. The van der Waals surface area contributed by atoms with Crippen molar-refractivity contribution in [1.82, 2.24) is 5.32 Å². The predicted molar refractivity (Wildman–Crippen MR) is 172 cm³/mol. The minimum atomic E-state index is -0.547. The minimum Gasteiger partial charge on any atom is -0.497 e. The van der Waals surface area contributed by atoms with Crippen molar-refractivity contribution in [2.24, 2.45) is 0 Å². The first kappa shape index (κ1) is 31.2. The third kappa shape index (κ3) is 8.64. The number of nitrogens with one attached hydrogen (secondary N) is 3. The molecular weight excluding hydrogens is 586 g/mol. The van der Waals surface area contributed by atoms with Crippen molar-refractivity contribution < 1.29 is 23.9 Å². The topological polar surface area (TPSA) is 106 Å². The van der Waals surface area contributed by atoms with Crippen LogP contribution in [0.5, 0.6) is 11.5 Å². The highest BCUT2D eigenvalue weighted by Crippen LogP contribution is 2.29. The van der Waals surface area contributed by atoms with Crippen LogP contribution >= 0.6 is 23.4 Å². The molecule has 4 aromatic rings. The number of benzene rings is 4. The zero-order valence-corrected chi connectivity index (χ0v) is 25.3. The van der Waals surface area contributed by atoms with E-state index < -0.39 is 17.1 Å². The molecule has 43 heavy (non-hydrogen) atoms. The first-order valence-corrected chi connectivity index (χ1v) is 14.5. The van der Waals surface area contributed by atoms with Crippen LogP contribution in [0.25, 0.3) is 6.08 Å². The van der Waals surface area contributed by atoms with Gasteiger partial charge in [-0.3, -0.25) is 14.4 Å². The number of carbonyl (C=O) groups excluding carboxylic acids is 3. The highest BCUT2D eigenvalue weighted by atomic mass is 35.5. The summed E-state index contributed by atoms with van der Waals surface area (Å²) in [6.45, 7) is 1.78. The molecule has 0 saturated heterocycles. The number of thioether (sulfide) groups is 1. The molecule has 0 bridgehead atoms. The first-order chi connectivity index (χ1) is 20.8. The van der Waals surface area contributed by atoms with E-state index in [-0.39, 0.29) is 11.6 Å². The summed E-state index contributed by atoms with van der Waals surface area (Å²) >= 11 is 7.50. The Kier molecular flexibility index (Phi) is 10.9. The van der Waals surface area contributed by atoms with Gasteiger partial charge in [0.2, 0.25) is 5.91 Å². The number of amides is 3. The Bertz CT molecular complexity index is 1640. The molecule has 0 radical (unpaired) electrons. The summed E-state index contributed by atoms with van der Waals surface area (Å²) in [5.74, 6) is -0.167. The monoisotopic (exact) mass is 615 g/mol. The summed E-state index contributed by atoms with van der Waals surface area (Å²) in [6.07, 6.45) is 1.54. The normalized spacial score (nSPS) is 11.7. The molecule has 4 rings (SSSR count). The van der Waals surface area contributed by atoms with E-state index in [2.05, 4.69) is 16.0 Å². The number of hydrogen-bond donors (Lipinski definition) is 3. The third-order valence-electron chi connectivity index (χ3n) is 6.18. The van der Waals surface area contributed by atoms with Gasteiger partial charge in [-0.25, -0.2) is 0 Å². The van der Waals surface area contributed by atoms with E-state index in [4.69, 9.17) is 21.1 Å². The number of halogens is 1. The van der Waals surface area contributed by atoms with Crippen molar-refractivity contribution in [2.45, 2.75) is 17.1 Å². The van der Waals surface area contributed by atoms with Crippen LogP contribution in [-0.4, -0.2) is 37.2 Å². The van der Waals surface area contributed by atoms with Crippen LogP contribution < -0.4 is 25.4 Å². The van der Waals surface area contributed by atoms with Crippen LogP contribution in [-0.2, 0) is 9.59 Å². The van der Waals surface area contributed by atoms with Gasteiger partial charge in [-0.2, -0.15) is 0 Å². The molecule has 0 saturated carbocycles. The van der Waals surface area contributed by atoms with Crippen molar-refractivity contribution in [1.29, 1.82) is 0 Å². The van der Waals surface area contributed by atoms with Gasteiger partial charge in [0.25, 0.3) is 11.8 Å². The van der Waals surface area contributed by atoms with Crippen LogP contribution in [0.15, 0.2) is 108 Å². The first-order valence-electron chi connectivity index (χ1n) is 13.2. The summed E-state index contributed by atoms with van der Waals surface area (Å²) in [7, 11) is 3.05. The molecule has 0 aliphatic heterocycles. The SMILES string of the molecule is COc1ccc(/C=C(/NC(=O)c2ccccc2)C(=O)Nc2cccc(SC(C)C(=O)Nc3ccccc3Cl)c2)c(OC)c1. The number of ether oxygens (including phenoxy) is 2. The molecule has 8 nitrogen and oxygen atoms in total. The average molecular weight is 616 g/mol. The number of carbonyl (C=O) groups is 3. The van der Waals surface area contributed by atoms with Crippen molar-refractivity contribution in [3.8, 4) is 11.5 Å². The molecule has 3 amide bonds. The lowest BCUT2D eigenvalue weighted by molar-refractivity contribution is -0.115. The summed E-state index contributed by atoms with van der Waals surface area (Å²) in [6, 6.07) is 27.8. The lowest BCUT2D eigenvalue weighted by Crippen LogP contribution is -2.30. The van der Waals surface area contributed by atoms with Crippen LogP contribution in [0, 0.1) is 0 Å². The fourth-order valence-corrected chi connectivity index (χ4v) is 5.05. The smallest absolute Gasteiger partial charge is 0.272 e. The van der Waals surface area contributed by atoms with E-state index in [0.29, 0.717) is 39.0 Å². The molecule has 1 unspecified atom stereocenters. The highest BCUT2D eigenvalue weighted by molar-refractivity contribution is 8.00. The van der Waals surface area contributed by atoms with Gasteiger partial charge in [-0.1, -0.05) is 48.0 Å². The van der Waals surface area contributed by atoms with Crippen molar-refractivity contribution in [3.05, 3.63) is 119 Å². The van der Waals surface area contributed by atoms with E-state index in [9.17, 15) is 14.4 Å². The van der Waals surface area contributed by atoms with E-state index in [0.717, 1.165) is 4.90 Å². The fraction of sp³-hybridized carbons (Fsp3) is 0.121. The maximum absolute atomic E-state index is 13.5. The number of anilines is 2. The lowest BCUT2D eigenvalue weighted by atomic mass is 10.1. The quantitative estimate of drug-likeness (QED) is 0.125.